The molecule has 0 amide bonds. The number of hydrogen-bond donors (Lipinski definition) is 3. The van der Waals surface area contributed by atoms with Gasteiger partial charge in [0.15, 0.2) is 6.10 Å². The molecule has 6 nitrogen and oxygen atoms in total. The van der Waals surface area contributed by atoms with Crippen LogP contribution >= 0.6 is 8.25 Å². The van der Waals surface area contributed by atoms with Crippen LogP contribution in [-0.4, -0.2) is 52.9 Å². The van der Waals surface area contributed by atoms with Gasteiger partial charge in [-0.05, 0) is 13.8 Å². The highest BCUT2D eigenvalue weighted by Gasteiger charge is 2.59. The average molecular weight is 235 g/mol. The lowest BCUT2D eigenvalue weighted by molar-refractivity contribution is -0.101. The third-order valence-electron chi connectivity index (χ3n) is 2.45. The molecule has 0 aromatic carbocycles. The largest absolute Gasteiger partial charge is 0.695 e. The van der Waals surface area contributed by atoms with E-state index in [2.05, 4.69) is 4.52 Å². The summed E-state index contributed by atoms with van der Waals surface area (Å²) in [7, 11) is 2.70. The number of ether oxygens (including phenoxy) is 1. The topological polar surface area (TPSA) is 96.2 Å². The molecule has 1 rings (SSSR count). The van der Waals surface area contributed by atoms with E-state index in [4.69, 9.17) is 22.6 Å². The minimum Gasteiger partial charge on any atom is -0.393 e. The number of aliphatic hydroxyl groups excluding tert-OH is 2. The molecule has 8 heteroatoms. The summed E-state index contributed by atoms with van der Waals surface area (Å²) in [5.74, 6) is 0. The first kappa shape index (κ1) is 13.0. The highest BCUT2D eigenvalue weighted by molar-refractivity contribution is 7.32. The first-order valence-electron chi connectivity index (χ1n) is 4.34. The molecule has 5 unspecified atom stereocenters. The second-order valence-electron chi connectivity index (χ2n) is 3.97. The monoisotopic (exact) mass is 235 g/mol. The van der Waals surface area contributed by atoms with E-state index < -0.39 is 38.2 Å². The molecule has 0 aromatic rings. The lowest BCUT2D eigenvalue weighted by atomic mass is 9.78. The van der Waals surface area contributed by atoms with E-state index in [0.717, 1.165) is 0 Å². The second kappa shape index (κ2) is 4.09. The van der Waals surface area contributed by atoms with Gasteiger partial charge in [0.2, 0.25) is 0 Å². The van der Waals surface area contributed by atoms with Crippen LogP contribution in [0.3, 0.4) is 0 Å². The maximum atomic E-state index is 10.6. The minimum absolute atomic E-state index is 0.481. The Labute approximate surface area is 89.6 Å². The van der Waals surface area contributed by atoms with Crippen molar-refractivity contribution >= 4 is 16.1 Å². The van der Waals surface area contributed by atoms with Crippen LogP contribution in [0.1, 0.15) is 13.8 Å². The van der Waals surface area contributed by atoms with Gasteiger partial charge in [0.1, 0.15) is 19.6 Å². The Bertz CT molecular complexity index is 272. The van der Waals surface area contributed by atoms with E-state index in [-0.39, 0.29) is 0 Å². The number of hydrogen-bond acceptors (Lipinski definition) is 5. The summed E-state index contributed by atoms with van der Waals surface area (Å²) in [5.41, 5.74) is -2.72. The molecule has 5 atom stereocenters. The first-order chi connectivity index (χ1) is 6.73. The van der Waals surface area contributed by atoms with Gasteiger partial charge in [-0.2, -0.15) is 0 Å². The van der Waals surface area contributed by atoms with E-state index in [0.29, 0.717) is 0 Å². The highest BCUT2D eigenvalue weighted by Crippen LogP contribution is 2.41. The van der Waals surface area contributed by atoms with Crippen molar-refractivity contribution in [3.05, 3.63) is 0 Å². The lowest BCUT2D eigenvalue weighted by Crippen LogP contribution is -2.45. The molecule has 1 aliphatic rings. The maximum Gasteiger partial charge on any atom is 0.695 e. The Balaban J connectivity index is 2.94. The predicted molar refractivity (Wildman–Crippen MR) is 51.4 cm³/mol. The van der Waals surface area contributed by atoms with Crippen LogP contribution in [0.25, 0.3) is 0 Å². The third-order valence-corrected chi connectivity index (χ3v) is 2.85. The lowest BCUT2D eigenvalue weighted by Gasteiger charge is -2.26. The smallest absolute Gasteiger partial charge is 0.393 e. The van der Waals surface area contributed by atoms with Crippen molar-refractivity contribution < 1.29 is 28.9 Å². The highest BCUT2D eigenvalue weighted by atomic mass is 31.1. The molecule has 3 N–H and O–H groups in total. The van der Waals surface area contributed by atoms with Crippen molar-refractivity contribution in [1.82, 2.24) is 0 Å². The van der Waals surface area contributed by atoms with Crippen molar-refractivity contribution in [1.29, 1.82) is 0 Å². The van der Waals surface area contributed by atoms with Crippen molar-refractivity contribution in [3.63, 3.8) is 0 Å². The average Bonchev–Trinajstić information content (AvgIpc) is 2.26. The molecule has 15 heavy (non-hydrogen) atoms. The molecule has 0 spiro atoms. The molecule has 0 aromatic heterocycles. The standard InChI is InChI=1S/C7H12BO6P/c1-6(3-9)5(13-15(11)12)4(10)7(2,8)14-6/h4-5,9-10H,3H2,1-2H3/p+1. The quantitative estimate of drug-likeness (QED) is 0.431. The molecule has 2 radical (unpaired) electrons. The van der Waals surface area contributed by atoms with Gasteiger partial charge in [-0.3, -0.25) is 0 Å². The molecule has 1 aliphatic heterocycles. The Hall–Kier alpha value is -0.0351. The van der Waals surface area contributed by atoms with Crippen LogP contribution in [0.15, 0.2) is 0 Å². The van der Waals surface area contributed by atoms with Gasteiger partial charge in [-0.25, -0.2) is 0 Å². The van der Waals surface area contributed by atoms with Crippen LogP contribution in [0.2, 0.25) is 0 Å². The van der Waals surface area contributed by atoms with Gasteiger partial charge >= 0.3 is 8.25 Å². The van der Waals surface area contributed by atoms with Crippen molar-refractivity contribution in [2.75, 3.05) is 6.61 Å². The van der Waals surface area contributed by atoms with Crippen LogP contribution in [0, 0.1) is 0 Å². The fourth-order valence-corrected chi connectivity index (χ4v) is 2.18. The van der Waals surface area contributed by atoms with E-state index in [1.54, 1.807) is 0 Å². The summed E-state index contributed by atoms with van der Waals surface area (Å²) in [6.45, 7) is 2.36. The van der Waals surface area contributed by atoms with Crippen LogP contribution < -0.4 is 0 Å². The molecule has 0 saturated carbocycles. The Morgan fingerprint density at radius 3 is 2.53 bits per heavy atom. The second-order valence-corrected chi connectivity index (χ2v) is 4.65. The summed E-state index contributed by atoms with van der Waals surface area (Å²) in [5, 5.41) is 18.8. The summed E-state index contributed by atoms with van der Waals surface area (Å²) in [4.78, 5) is 8.63. The van der Waals surface area contributed by atoms with E-state index >= 15 is 0 Å². The van der Waals surface area contributed by atoms with E-state index in [9.17, 15) is 9.67 Å². The van der Waals surface area contributed by atoms with Gasteiger partial charge in [0.25, 0.3) is 0 Å². The fraction of sp³-hybridized carbons (Fsp3) is 1.00. The zero-order valence-corrected chi connectivity index (χ0v) is 9.35. The van der Waals surface area contributed by atoms with E-state index in [1.165, 1.54) is 13.8 Å². The molecular weight excluding hydrogens is 222 g/mol. The Morgan fingerprint density at radius 2 is 2.13 bits per heavy atom. The van der Waals surface area contributed by atoms with Crippen LogP contribution in [0.5, 0.6) is 0 Å². The zero-order valence-electron chi connectivity index (χ0n) is 8.45. The van der Waals surface area contributed by atoms with Crippen LogP contribution in [0.4, 0.5) is 0 Å². The number of aliphatic hydroxyl groups is 2. The normalized spacial score (nSPS) is 46.9. The molecule has 84 valence electrons. The molecule has 0 aliphatic carbocycles. The van der Waals surface area contributed by atoms with Gasteiger partial charge < -0.3 is 14.9 Å². The third kappa shape index (κ3) is 2.38. The summed E-state index contributed by atoms with van der Waals surface area (Å²) in [6.07, 6.45) is -2.44. The van der Waals surface area contributed by atoms with Gasteiger partial charge in [-0.15, -0.1) is 9.42 Å². The SMILES string of the molecule is [B]C1(C)OC(C)(CO)C(O[P+](=O)O)C1O. The van der Waals surface area contributed by atoms with Crippen LogP contribution in [-0.2, 0) is 13.8 Å². The zero-order chi connectivity index (χ0) is 11.9. The van der Waals surface area contributed by atoms with Crippen molar-refractivity contribution in [3.8, 4) is 0 Å². The minimum atomic E-state index is -2.90. The molecule has 1 saturated heterocycles. The van der Waals surface area contributed by atoms with Gasteiger partial charge in [0.05, 0.1) is 12.1 Å². The Kier molecular flexibility index (Phi) is 3.55. The fourth-order valence-electron chi connectivity index (χ4n) is 1.64. The maximum absolute atomic E-state index is 10.6. The first-order valence-corrected chi connectivity index (χ1v) is 5.47. The molecular formula is C7H13BO6P+. The molecule has 0 bridgehead atoms. The molecule has 1 heterocycles. The van der Waals surface area contributed by atoms with Crippen molar-refractivity contribution in [2.24, 2.45) is 0 Å². The van der Waals surface area contributed by atoms with Crippen molar-refractivity contribution in [2.45, 2.75) is 37.2 Å². The summed E-state index contributed by atoms with van der Waals surface area (Å²) in [6, 6.07) is 0. The summed E-state index contributed by atoms with van der Waals surface area (Å²) < 4.78 is 20.4. The van der Waals surface area contributed by atoms with Gasteiger partial charge in [0, 0.05) is 4.57 Å². The summed E-state index contributed by atoms with van der Waals surface area (Å²) >= 11 is 0. The van der Waals surface area contributed by atoms with Gasteiger partial charge in [-0.1, -0.05) is 0 Å². The van der Waals surface area contributed by atoms with E-state index in [1.807, 2.05) is 0 Å². The number of rotatable bonds is 3. The molecule has 1 fully saturated rings. The Morgan fingerprint density at radius 1 is 1.60 bits per heavy atom. The predicted octanol–water partition coefficient (Wildman–Crippen LogP) is -0.952.